The Bertz CT molecular complexity index is 555. The van der Waals surface area contributed by atoms with Crippen LogP contribution in [0.5, 0.6) is 0 Å². The van der Waals surface area contributed by atoms with Crippen molar-refractivity contribution in [1.82, 2.24) is 9.78 Å². The van der Waals surface area contributed by atoms with Crippen molar-refractivity contribution in [1.29, 1.82) is 0 Å². The lowest BCUT2D eigenvalue weighted by Crippen LogP contribution is -2.41. The Kier molecular flexibility index (Phi) is 2.86. The Morgan fingerprint density at radius 3 is 2.45 bits per heavy atom. The summed E-state index contributed by atoms with van der Waals surface area (Å²) in [4.78, 5) is 0. The minimum atomic E-state index is -0.692. The van der Waals surface area contributed by atoms with E-state index in [0.717, 1.165) is 12.8 Å². The van der Waals surface area contributed by atoms with Crippen molar-refractivity contribution in [2.24, 2.45) is 0 Å². The summed E-state index contributed by atoms with van der Waals surface area (Å²) >= 11 is 0. The van der Waals surface area contributed by atoms with Crippen molar-refractivity contribution >= 4 is 12.7 Å². The normalized spacial score (nSPS) is 27.5. The van der Waals surface area contributed by atoms with Crippen LogP contribution in [0.2, 0.25) is 0 Å². The monoisotopic (exact) mass is 280 g/mol. The first-order valence-corrected chi connectivity index (χ1v) is 7.22. The highest BCUT2D eigenvalue weighted by Crippen LogP contribution is 2.36. The minimum Gasteiger partial charge on any atom is -0.398 e. The molecular weight excluding hydrogens is 255 g/mol. The summed E-state index contributed by atoms with van der Waals surface area (Å²) < 4.78 is 35.3. The molecule has 0 unspecified atom stereocenters. The molecule has 0 amide bonds. The van der Waals surface area contributed by atoms with Gasteiger partial charge >= 0.3 is 7.12 Å². The molecule has 110 valence electrons. The van der Waals surface area contributed by atoms with Crippen molar-refractivity contribution in [3.8, 4) is 0 Å². The van der Waals surface area contributed by atoms with E-state index < -0.39 is 18.3 Å². The van der Waals surface area contributed by atoms with E-state index in [1.54, 1.807) is 4.68 Å². The van der Waals surface area contributed by atoms with E-state index in [4.69, 9.17) is 16.8 Å². The van der Waals surface area contributed by atoms with Crippen LogP contribution in [0.1, 0.15) is 49.3 Å². The molecule has 20 heavy (non-hydrogen) atoms. The first-order chi connectivity index (χ1) is 10.2. The topological polar surface area (TPSA) is 45.5 Å². The van der Waals surface area contributed by atoms with Gasteiger partial charge in [0.2, 0.25) is 0 Å². The van der Waals surface area contributed by atoms with Crippen molar-refractivity contribution < 1.29 is 16.8 Å². The second-order valence-electron chi connectivity index (χ2n) is 6.50. The first-order valence-electron chi connectivity index (χ1n) is 8.22. The second-order valence-corrected chi connectivity index (χ2v) is 6.50. The van der Waals surface area contributed by atoms with Gasteiger partial charge in [-0.3, -0.25) is 4.68 Å². The highest BCUT2D eigenvalue weighted by atomic mass is 16.7. The van der Waals surface area contributed by atoms with Gasteiger partial charge in [-0.15, -0.1) is 0 Å². The molecule has 2 saturated heterocycles. The molecule has 6 heteroatoms. The number of ether oxygens (including phenoxy) is 1. The summed E-state index contributed by atoms with van der Waals surface area (Å²) in [5.74, 6) is 0. The summed E-state index contributed by atoms with van der Waals surface area (Å²) in [6, 6.07) is 0.200. The average molecular weight is 280 g/mol. The lowest BCUT2D eigenvalue weighted by molar-refractivity contribution is 0.00578. The van der Waals surface area contributed by atoms with Crippen LogP contribution >= 0.6 is 0 Å². The molecule has 3 heterocycles. The van der Waals surface area contributed by atoms with E-state index in [1.165, 1.54) is 0 Å². The average Bonchev–Trinajstić information content (AvgIpc) is 2.86. The fourth-order valence-electron chi connectivity index (χ4n) is 2.44. The largest absolute Gasteiger partial charge is 0.516 e. The number of hydrogen-bond acceptors (Lipinski definition) is 4. The second kappa shape index (κ2) is 4.86. The molecule has 0 aromatic carbocycles. The zero-order valence-corrected chi connectivity index (χ0v) is 12.6. The Morgan fingerprint density at radius 1 is 1.25 bits per heavy atom. The van der Waals surface area contributed by atoms with Gasteiger partial charge in [-0.1, -0.05) is 0 Å². The highest BCUT2D eigenvalue weighted by Gasteiger charge is 2.52. The molecule has 0 bridgehead atoms. The molecule has 0 N–H and O–H groups in total. The maximum Gasteiger partial charge on any atom is 0.516 e. The van der Waals surface area contributed by atoms with Crippen LogP contribution in [-0.2, 0) is 14.0 Å². The molecule has 0 radical (unpaired) electrons. The molecule has 2 aliphatic heterocycles. The zero-order chi connectivity index (χ0) is 16.1. The van der Waals surface area contributed by atoms with E-state index in [2.05, 4.69) is 5.10 Å². The molecule has 3 rings (SSSR count). The molecule has 1 aromatic rings. The number of rotatable bonds is 2. The standard InChI is InChI=1S/C14H23BN2O3/c1-13(2)14(3,4)20-15(19-13)12-5-8-17(16-12)11-6-9-18-10-7-11/h5,8,11H,6-7,9-10H2,1-4H3/i5D,8D. The van der Waals surface area contributed by atoms with Gasteiger partial charge < -0.3 is 14.0 Å². The van der Waals surface area contributed by atoms with E-state index in [1.807, 2.05) is 27.7 Å². The SMILES string of the molecule is [2H]c1c(B2OC(C)(C)C(C)(C)O2)nn(C2CCOCC2)c1[2H]. The van der Waals surface area contributed by atoms with Crippen LogP contribution in [0.4, 0.5) is 0 Å². The molecule has 0 atom stereocenters. The molecule has 0 spiro atoms. The van der Waals surface area contributed by atoms with Gasteiger partial charge in [0.15, 0.2) is 0 Å². The van der Waals surface area contributed by atoms with Crippen LogP contribution in [-0.4, -0.2) is 41.3 Å². The lowest BCUT2D eigenvalue weighted by Gasteiger charge is -2.32. The van der Waals surface area contributed by atoms with E-state index in [0.29, 0.717) is 18.8 Å². The van der Waals surface area contributed by atoms with Gasteiger partial charge in [0.25, 0.3) is 0 Å². The smallest absolute Gasteiger partial charge is 0.398 e. The van der Waals surface area contributed by atoms with Crippen molar-refractivity contribution in [2.45, 2.75) is 57.8 Å². The maximum absolute atomic E-state index is 8.20. The molecule has 2 aliphatic rings. The minimum absolute atomic E-state index is 0.0880. The summed E-state index contributed by atoms with van der Waals surface area (Å²) in [5.41, 5.74) is -0.557. The van der Waals surface area contributed by atoms with Gasteiger partial charge in [-0.2, -0.15) is 5.10 Å². The van der Waals surface area contributed by atoms with Crippen LogP contribution in [0.15, 0.2) is 12.2 Å². The Labute approximate surface area is 123 Å². The first kappa shape index (κ1) is 11.8. The van der Waals surface area contributed by atoms with Crippen LogP contribution in [0.3, 0.4) is 0 Å². The van der Waals surface area contributed by atoms with E-state index in [-0.39, 0.29) is 18.3 Å². The summed E-state index contributed by atoms with van der Waals surface area (Å²) in [7, 11) is -0.692. The van der Waals surface area contributed by atoms with Gasteiger partial charge in [0.05, 0.1) is 25.6 Å². The van der Waals surface area contributed by atoms with E-state index >= 15 is 0 Å². The number of hydrogen-bond donors (Lipinski definition) is 0. The zero-order valence-electron chi connectivity index (χ0n) is 14.6. The van der Waals surface area contributed by atoms with Gasteiger partial charge in [-0.05, 0) is 46.6 Å². The maximum atomic E-state index is 8.20. The third-order valence-electron chi connectivity index (χ3n) is 4.53. The van der Waals surface area contributed by atoms with Gasteiger partial charge in [0.1, 0.15) is 0 Å². The predicted octanol–water partition coefficient (Wildman–Crippen LogP) is 1.53. The summed E-state index contributed by atoms with van der Waals surface area (Å²) in [6.07, 6.45) is 1.75. The van der Waals surface area contributed by atoms with Gasteiger partial charge in [-0.25, -0.2) is 0 Å². The molecule has 2 fully saturated rings. The van der Waals surface area contributed by atoms with Crippen molar-refractivity contribution in [3.63, 3.8) is 0 Å². The molecule has 5 nitrogen and oxygen atoms in total. The molecule has 1 aromatic heterocycles. The highest BCUT2D eigenvalue weighted by molar-refractivity contribution is 6.61. The number of aromatic nitrogens is 2. The van der Waals surface area contributed by atoms with Crippen molar-refractivity contribution in [2.75, 3.05) is 13.2 Å². The third-order valence-corrected chi connectivity index (χ3v) is 4.53. The van der Waals surface area contributed by atoms with Crippen LogP contribution in [0, 0.1) is 0 Å². The molecule has 0 saturated carbocycles. The van der Waals surface area contributed by atoms with Gasteiger partial charge in [0, 0.05) is 19.4 Å². The number of nitrogens with zero attached hydrogens (tertiary/aromatic N) is 2. The van der Waals surface area contributed by atoms with Crippen LogP contribution in [0.25, 0.3) is 0 Å². The predicted molar refractivity (Wildman–Crippen MR) is 77.0 cm³/mol. The molecular formula is C14H23BN2O3. The summed E-state index contributed by atoms with van der Waals surface area (Å²) in [6.45, 7) is 9.20. The Morgan fingerprint density at radius 2 is 1.85 bits per heavy atom. The quantitative estimate of drug-likeness (QED) is 0.771. The van der Waals surface area contributed by atoms with Crippen molar-refractivity contribution in [3.05, 3.63) is 12.2 Å². The molecule has 0 aliphatic carbocycles. The van der Waals surface area contributed by atoms with Crippen LogP contribution < -0.4 is 5.59 Å². The van der Waals surface area contributed by atoms with E-state index in [9.17, 15) is 0 Å². The fourth-order valence-corrected chi connectivity index (χ4v) is 2.44. The summed E-state index contributed by atoms with van der Waals surface area (Å²) in [5, 5.41) is 4.48. The Balaban J connectivity index is 1.89. The third kappa shape index (κ3) is 2.40. The fraction of sp³-hybridized carbons (Fsp3) is 0.786. The Hall–Kier alpha value is -0.845. The lowest BCUT2D eigenvalue weighted by atomic mass is 9.85.